The van der Waals surface area contributed by atoms with Crippen molar-refractivity contribution in [3.63, 3.8) is 0 Å². The maximum absolute atomic E-state index is 9.68. The van der Waals surface area contributed by atoms with Crippen LogP contribution < -0.4 is 0 Å². The van der Waals surface area contributed by atoms with E-state index < -0.39 is 6.10 Å². The number of aliphatic hydroxyl groups excluding tert-OH is 1. The second-order valence-electron chi connectivity index (χ2n) is 4.87. The van der Waals surface area contributed by atoms with Gasteiger partial charge in [-0.2, -0.15) is 0 Å². The first-order valence-corrected chi connectivity index (χ1v) is 5.87. The van der Waals surface area contributed by atoms with Gasteiger partial charge in [0.2, 0.25) is 0 Å². The minimum Gasteiger partial charge on any atom is -0.388 e. The Balaban J connectivity index is 1.88. The van der Waals surface area contributed by atoms with E-state index in [1.54, 1.807) is 4.68 Å². The Morgan fingerprint density at radius 2 is 2.06 bits per heavy atom. The molecule has 94 valence electrons. The van der Waals surface area contributed by atoms with Crippen molar-refractivity contribution in [2.75, 3.05) is 13.2 Å². The molecule has 0 radical (unpaired) electrons. The molecule has 7 heteroatoms. The van der Waals surface area contributed by atoms with E-state index in [4.69, 9.17) is 9.47 Å². The lowest BCUT2D eigenvalue weighted by Gasteiger charge is -2.17. The largest absolute Gasteiger partial charge is 0.388 e. The van der Waals surface area contributed by atoms with Crippen LogP contribution in [0.25, 0.3) is 0 Å². The number of hydrogen-bond donors (Lipinski definition) is 1. The third-order valence-electron chi connectivity index (χ3n) is 3.35. The molecular formula is C10H16N4O3. The van der Waals surface area contributed by atoms with E-state index in [1.165, 1.54) is 0 Å². The maximum Gasteiger partial charge on any atom is 0.154 e. The first-order valence-electron chi connectivity index (χ1n) is 5.87. The molecule has 1 N–H and O–H groups in total. The Morgan fingerprint density at radius 1 is 1.29 bits per heavy atom. The highest BCUT2D eigenvalue weighted by Gasteiger charge is 2.49. The first kappa shape index (κ1) is 11.1. The van der Waals surface area contributed by atoms with E-state index in [0.717, 1.165) is 5.82 Å². The van der Waals surface area contributed by atoms with E-state index in [2.05, 4.69) is 15.5 Å². The van der Waals surface area contributed by atoms with E-state index in [-0.39, 0.29) is 24.2 Å². The van der Waals surface area contributed by atoms with Gasteiger partial charge in [0.05, 0.1) is 13.2 Å². The van der Waals surface area contributed by atoms with Crippen molar-refractivity contribution in [3.8, 4) is 0 Å². The van der Waals surface area contributed by atoms with Gasteiger partial charge in [-0.1, -0.05) is 13.8 Å². The topological polar surface area (TPSA) is 82.3 Å². The highest BCUT2D eigenvalue weighted by molar-refractivity contribution is 5.00. The van der Waals surface area contributed by atoms with Crippen molar-refractivity contribution in [2.45, 2.75) is 44.1 Å². The predicted octanol–water partition coefficient (Wildman–Crippen LogP) is -0.504. The van der Waals surface area contributed by atoms with Gasteiger partial charge in [0, 0.05) is 5.92 Å². The molecule has 17 heavy (non-hydrogen) atoms. The molecule has 3 rings (SSSR count). The van der Waals surface area contributed by atoms with E-state index in [0.29, 0.717) is 13.2 Å². The standard InChI is InChI=1S/C10H16N4O3/c1-5(2)10-11-12-13-14(10)6-3-16-9-7(15)4-17-8(6)9/h5-9,15H,3-4H2,1-2H3/t6-,7-,8-,9+/m1/s1. The lowest BCUT2D eigenvalue weighted by Crippen LogP contribution is -2.31. The normalized spacial score (nSPS) is 36.7. The number of hydrogen-bond acceptors (Lipinski definition) is 6. The van der Waals surface area contributed by atoms with E-state index in [1.807, 2.05) is 13.8 Å². The van der Waals surface area contributed by atoms with Gasteiger partial charge in [-0.25, -0.2) is 4.68 Å². The highest BCUT2D eigenvalue weighted by Crippen LogP contribution is 2.34. The molecule has 0 aliphatic carbocycles. The van der Waals surface area contributed by atoms with Crippen molar-refractivity contribution in [2.24, 2.45) is 0 Å². The predicted molar refractivity (Wildman–Crippen MR) is 56.4 cm³/mol. The molecule has 1 aromatic rings. The van der Waals surface area contributed by atoms with Crippen LogP contribution in [-0.4, -0.2) is 56.8 Å². The maximum atomic E-state index is 9.68. The van der Waals surface area contributed by atoms with Crippen molar-refractivity contribution < 1.29 is 14.6 Å². The number of nitrogens with zero attached hydrogens (tertiary/aromatic N) is 4. The molecule has 2 saturated heterocycles. The fourth-order valence-corrected chi connectivity index (χ4v) is 2.49. The summed E-state index contributed by atoms with van der Waals surface area (Å²) in [6.07, 6.45) is -0.931. The van der Waals surface area contributed by atoms with Gasteiger partial charge in [-0.05, 0) is 10.4 Å². The van der Waals surface area contributed by atoms with Crippen LogP contribution in [0.3, 0.4) is 0 Å². The molecule has 0 bridgehead atoms. The highest BCUT2D eigenvalue weighted by atomic mass is 16.6. The van der Waals surface area contributed by atoms with E-state index in [9.17, 15) is 5.11 Å². The molecule has 2 fully saturated rings. The SMILES string of the molecule is CC(C)c1nnnn1[C@@H]1CO[C@@H]2[C@@H]1OC[C@H]2O. The van der Waals surface area contributed by atoms with Gasteiger partial charge in [0.25, 0.3) is 0 Å². The summed E-state index contributed by atoms with van der Waals surface area (Å²) in [4.78, 5) is 0. The fraction of sp³-hybridized carbons (Fsp3) is 0.900. The van der Waals surface area contributed by atoms with Crippen LogP contribution in [0.2, 0.25) is 0 Å². The molecule has 1 aromatic heterocycles. The molecule has 2 aliphatic rings. The van der Waals surface area contributed by atoms with Crippen LogP contribution in [0.4, 0.5) is 0 Å². The number of ether oxygens (including phenoxy) is 2. The second kappa shape index (κ2) is 4.01. The van der Waals surface area contributed by atoms with Crippen LogP contribution in [0.1, 0.15) is 31.6 Å². The quantitative estimate of drug-likeness (QED) is 0.750. The van der Waals surface area contributed by atoms with Gasteiger partial charge < -0.3 is 14.6 Å². The third kappa shape index (κ3) is 1.65. The summed E-state index contributed by atoms with van der Waals surface area (Å²) in [7, 11) is 0. The summed E-state index contributed by atoms with van der Waals surface area (Å²) in [5.41, 5.74) is 0. The summed E-state index contributed by atoms with van der Waals surface area (Å²) in [5.74, 6) is 1.07. The summed E-state index contributed by atoms with van der Waals surface area (Å²) < 4.78 is 12.9. The minimum absolute atomic E-state index is 0.0375. The van der Waals surface area contributed by atoms with Gasteiger partial charge in [0.15, 0.2) is 5.82 Å². The van der Waals surface area contributed by atoms with Crippen molar-refractivity contribution in [3.05, 3.63) is 5.82 Å². The number of aromatic nitrogens is 4. The van der Waals surface area contributed by atoms with Gasteiger partial charge >= 0.3 is 0 Å². The molecule has 0 unspecified atom stereocenters. The van der Waals surface area contributed by atoms with Crippen LogP contribution >= 0.6 is 0 Å². The van der Waals surface area contributed by atoms with Crippen LogP contribution in [0, 0.1) is 0 Å². The number of tetrazole rings is 1. The number of rotatable bonds is 2. The molecule has 7 nitrogen and oxygen atoms in total. The van der Waals surface area contributed by atoms with Crippen LogP contribution in [-0.2, 0) is 9.47 Å². The first-order chi connectivity index (χ1) is 8.18. The lowest BCUT2D eigenvalue weighted by molar-refractivity contribution is 0.0168. The zero-order chi connectivity index (χ0) is 12.0. The monoisotopic (exact) mass is 240 g/mol. The lowest BCUT2D eigenvalue weighted by atomic mass is 10.1. The summed E-state index contributed by atoms with van der Waals surface area (Å²) in [5, 5.41) is 21.4. The molecule has 2 aliphatic heterocycles. The Labute approximate surface area is 98.7 Å². The van der Waals surface area contributed by atoms with Gasteiger partial charge in [0.1, 0.15) is 24.4 Å². The molecule has 0 amide bonds. The van der Waals surface area contributed by atoms with E-state index >= 15 is 0 Å². The summed E-state index contributed by atoms with van der Waals surface area (Å²) >= 11 is 0. The molecule has 0 spiro atoms. The average Bonchev–Trinajstić information content (AvgIpc) is 2.95. The van der Waals surface area contributed by atoms with Crippen LogP contribution in [0.5, 0.6) is 0 Å². The van der Waals surface area contributed by atoms with Crippen molar-refractivity contribution in [1.82, 2.24) is 20.2 Å². The van der Waals surface area contributed by atoms with Crippen molar-refractivity contribution >= 4 is 0 Å². The van der Waals surface area contributed by atoms with Crippen molar-refractivity contribution in [1.29, 1.82) is 0 Å². The minimum atomic E-state index is -0.538. The average molecular weight is 240 g/mol. The molecule has 4 atom stereocenters. The van der Waals surface area contributed by atoms with Gasteiger partial charge in [-0.3, -0.25) is 0 Å². The number of fused-ring (bicyclic) bond motifs is 1. The summed E-state index contributed by atoms with van der Waals surface area (Å²) in [6, 6.07) is -0.0375. The zero-order valence-corrected chi connectivity index (χ0v) is 9.85. The zero-order valence-electron chi connectivity index (χ0n) is 9.85. The summed E-state index contributed by atoms with van der Waals surface area (Å²) in [6.45, 7) is 4.89. The number of aliphatic hydroxyl groups is 1. The Kier molecular flexibility index (Phi) is 2.61. The molecule has 0 saturated carbocycles. The smallest absolute Gasteiger partial charge is 0.154 e. The third-order valence-corrected chi connectivity index (χ3v) is 3.35. The van der Waals surface area contributed by atoms with Crippen LogP contribution in [0.15, 0.2) is 0 Å². The molecule has 3 heterocycles. The molecule has 0 aromatic carbocycles. The molecular weight excluding hydrogens is 224 g/mol. The second-order valence-corrected chi connectivity index (χ2v) is 4.87. The fourth-order valence-electron chi connectivity index (χ4n) is 2.49. The van der Waals surface area contributed by atoms with Gasteiger partial charge in [-0.15, -0.1) is 5.10 Å². The Bertz CT molecular complexity index is 408. The Hall–Kier alpha value is -1.05. The Morgan fingerprint density at radius 3 is 2.82 bits per heavy atom.